The first-order valence-electron chi connectivity index (χ1n) is 8.08. The van der Waals surface area contributed by atoms with Crippen molar-refractivity contribution >= 4 is 0 Å². The average molecular weight is 288 g/mol. The lowest BCUT2D eigenvalue weighted by molar-refractivity contribution is -0.0891. The smallest absolute Gasteiger partial charge is 0.0866 e. The maximum absolute atomic E-state index is 6.11. The van der Waals surface area contributed by atoms with Gasteiger partial charge in [0.25, 0.3) is 0 Å². The predicted molar refractivity (Wildman–Crippen MR) is 87.2 cm³/mol. The minimum Gasteiger partial charge on any atom is -0.371 e. The van der Waals surface area contributed by atoms with Crippen molar-refractivity contribution in [2.75, 3.05) is 6.61 Å². The first-order valence-corrected chi connectivity index (χ1v) is 8.08. The van der Waals surface area contributed by atoms with Crippen LogP contribution in [0.15, 0.2) is 42.5 Å². The van der Waals surface area contributed by atoms with Gasteiger partial charge in [0.2, 0.25) is 0 Å². The van der Waals surface area contributed by atoms with Gasteiger partial charge in [0.15, 0.2) is 0 Å². The van der Waals surface area contributed by atoms with Gasteiger partial charge in [-0.15, -0.1) is 0 Å². The lowest BCUT2D eigenvalue weighted by Crippen LogP contribution is -2.35. The minimum atomic E-state index is 0.118. The number of hydrogen-bond donors (Lipinski definition) is 0. The fraction of sp³-hybridized carbons (Fsp3) is 0.579. The Bertz CT molecular complexity index is 420. The van der Waals surface area contributed by atoms with Crippen LogP contribution in [0.1, 0.15) is 45.1 Å². The standard InChI is InChI=1S/C19H28O2/c1-15(2)13-21-19(18-11-7-8-12-18)16(3)20-14-17-9-5-4-6-10-17/h4-6,9-10,16,18-19H,1,7-8,11-14H2,2-3H3/t16-,19-/m0/s1. The lowest BCUT2D eigenvalue weighted by Gasteiger charge is -2.29. The summed E-state index contributed by atoms with van der Waals surface area (Å²) < 4.78 is 12.2. The molecule has 0 aliphatic heterocycles. The van der Waals surface area contributed by atoms with Gasteiger partial charge < -0.3 is 9.47 Å². The van der Waals surface area contributed by atoms with Crippen LogP contribution in [-0.4, -0.2) is 18.8 Å². The zero-order valence-electron chi connectivity index (χ0n) is 13.4. The molecule has 0 N–H and O–H groups in total. The summed E-state index contributed by atoms with van der Waals surface area (Å²) in [6.45, 7) is 9.39. The van der Waals surface area contributed by atoms with E-state index in [1.807, 2.05) is 13.0 Å². The summed E-state index contributed by atoms with van der Waals surface area (Å²) in [5.74, 6) is 0.634. The third-order valence-corrected chi connectivity index (χ3v) is 4.21. The molecule has 116 valence electrons. The molecule has 1 fully saturated rings. The van der Waals surface area contributed by atoms with E-state index in [0.717, 1.165) is 5.57 Å². The van der Waals surface area contributed by atoms with Gasteiger partial charge in [-0.05, 0) is 38.2 Å². The van der Waals surface area contributed by atoms with Crippen LogP contribution < -0.4 is 0 Å². The minimum absolute atomic E-state index is 0.118. The van der Waals surface area contributed by atoms with E-state index in [4.69, 9.17) is 9.47 Å². The van der Waals surface area contributed by atoms with Crippen LogP contribution in [0.4, 0.5) is 0 Å². The molecule has 2 atom stereocenters. The van der Waals surface area contributed by atoms with Crippen LogP contribution >= 0.6 is 0 Å². The molecule has 1 saturated carbocycles. The molecule has 0 heterocycles. The normalized spacial score (nSPS) is 18.6. The van der Waals surface area contributed by atoms with Crippen LogP contribution in [0.25, 0.3) is 0 Å². The molecule has 0 saturated heterocycles. The van der Waals surface area contributed by atoms with E-state index in [1.165, 1.54) is 31.2 Å². The highest BCUT2D eigenvalue weighted by Crippen LogP contribution is 2.32. The Morgan fingerprint density at radius 1 is 1.19 bits per heavy atom. The molecule has 1 aromatic carbocycles. The highest BCUT2D eigenvalue weighted by Gasteiger charge is 2.30. The summed E-state index contributed by atoms with van der Waals surface area (Å²) in [5.41, 5.74) is 2.29. The van der Waals surface area contributed by atoms with Crippen molar-refractivity contribution in [1.82, 2.24) is 0 Å². The molecule has 0 aromatic heterocycles. The summed E-state index contributed by atoms with van der Waals surface area (Å²) in [5, 5.41) is 0. The molecular weight excluding hydrogens is 260 g/mol. The van der Waals surface area contributed by atoms with Crippen LogP contribution in [-0.2, 0) is 16.1 Å². The van der Waals surface area contributed by atoms with E-state index < -0.39 is 0 Å². The van der Waals surface area contributed by atoms with Crippen molar-refractivity contribution in [3.63, 3.8) is 0 Å². The van der Waals surface area contributed by atoms with Crippen molar-refractivity contribution in [2.45, 2.75) is 58.3 Å². The van der Waals surface area contributed by atoms with Gasteiger partial charge in [-0.25, -0.2) is 0 Å². The third kappa shape index (κ3) is 5.29. The van der Waals surface area contributed by atoms with Crippen LogP contribution in [0.3, 0.4) is 0 Å². The first-order chi connectivity index (χ1) is 10.2. The molecule has 1 aliphatic rings. The van der Waals surface area contributed by atoms with Gasteiger partial charge in [-0.3, -0.25) is 0 Å². The second-order valence-electron chi connectivity index (χ2n) is 6.28. The van der Waals surface area contributed by atoms with E-state index >= 15 is 0 Å². The van der Waals surface area contributed by atoms with E-state index in [1.54, 1.807) is 0 Å². The largest absolute Gasteiger partial charge is 0.371 e. The van der Waals surface area contributed by atoms with Crippen molar-refractivity contribution < 1.29 is 9.47 Å². The molecular formula is C19H28O2. The van der Waals surface area contributed by atoms with Gasteiger partial charge in [-0.1, -0.05) is 55.3 Å². The zero-order valence-corrected chi connectivity index (χ0v) is 13.4. The fourth-order valence-corrected chi connectivity index (χ4v) is 3.08. The first kappa shape index (κ1) is 16.3. The molecule has 1 aromatic rings. The van der Waals surface area contributed by atoms with E-state index in [2.05, 4.69) is 37.8 Å². The number of ether oxygens (including phenoxy) is 2. The molecule has 0 bridgehead atoms. The van der Waals surface area contributed by atoms with Crippen LogP contribution in [0.2, 0.25) is 0 Å². The van der Waals surface area contributed by atoms with Gasteiger partial charge in [0, 0.05) is 0 Å². The van der Waals surface area contributed by atoms with Crippen molar-refractivity contribution in [3.8, 4) is 0 Å². The van der Waals surface area contributed by atoms with E-state index in [-0.39, 0.29) is 12.2 Å². The third-order valence-electron chi connectivity index (χ3n) is 4.21. The van der Waals surface area contributed by atoms with Gasteiger partial charge >= 0.3 is 0 Å². The Morgan fingerprint density at radius 3 is 2.48 bits per heavy atom. The van der Waals surface area contributed by atoms with Crippen molar-refractivity contribution in [2.24, 2.45) is 5.92 Å². The Balaban J connectivity index is 1.89. The fourth-order valence-electron chi connectivity index (χ4n) is 3.08. The average Bonchev–Trinajstić information content (AvgIpc) is 3.00. The summed E-state index contributed by atoms with van der Waals surface area (Å²) in [6.07, 6.45) is 5.48. The summed E-state index contributed by atoms with van der Waals surface area (Å²) in [4.78, 5) is 0. The molecule has 0 spiro atoms. The van der Waals surface area contributed by atoms with E-state index in [9.17, 15) is 0 Å². The molecule has 0 amide bonds. The zero-order chi connectivity index (χ0) is 15.1. The monoisotopic (exact) mass is 288 g/mol. The molecule has 2 rings (SSSR count). The highest BCUT2D eigenvalue weighted by molar-refractivity contribution is 5.13. The molecule has 0 radical (unpaired) electrons. The summed E-state index contributed by atoms with van der Waals surface area (Å²) in [6, 6.07) is 10.3. The van der Waals surface area contributed by atoms with Crippen molar-refractivity contribution in [3.05, 3.63) is 48.0 Å². The Labute approximate surface area is 129 Å². The second kappa shape index (κ2) is 8.35. The number of benzene rings is 1. The molecule has 21 heavy (non-hydrogen) atoms. The molecule has 2 nitrogen and oxygen atoms in total. The highest BCUT2D eigenvalue weighted by atomic mass is 16.5. The second-order valence-corrected chi connectivity index (χ2v) is 6.28. The van der Waals surface area contributed by atoms with Gasteiger partial charge in [-0.2, -0.15) is 0 Å². The van der Waals surface area contributed by atoms with Crippen LogP contribution in [0.5, 0.6) is 0 Å². The predicted octanol–water partition coefficient (Wildman–Crippen LogP) is 4.74. The quantitative estimate of drug-likeness (QED) is 0.643. The van der Waals surface area contributed by atoms with Crippen LogP contribution in [0, 0.1) is 5.92 Å². The van der Waals surface area contributed by atoms with Gasteiger partial charge in [0.1, 0.15) is 0 Å². The SMILES string of the molecule is C=C(C)CO[C@H](C1CCCC1)[C@H](C)OCc1ccccc1. The van der Waals surface area contributed by atoms with Crippen molar-refractivity contribution in [1.29, 1.82) is 0 Å². The number of hydrogen-bond acceptors (Lipinski definition) is 2. The Hall–Kier alpha value is -1.12. The Morgan fingerprint density at radius 2 is 1.86 bits per heavy atom. The molecule has 1 aliphatic carbocycles. The maximum Gasteiger partial charge on any atom is 0.0866 e. The summed E-state index contributed by atoms with van der Waals surface area (Å²) in [7, 11) is 0. The maximum atomic E-state index is 6.11. The van der Waals surface area contributed by atoms with Gasteiger partial charge in [0.05, 0.1) is 25.4 Å². The molecule has 0 unspecified atom stereocenters. The number of rotatable bonds is 8. The molecule has 2 heteroatoms. The summed E-state index contributed by atoms with van der Waals surface area (Å²) >= 11 is 0. The topological polar surface area (TPSA) is 18.5 Å². The Kier molecular flexibility index (Phi) is 6.47. The lowest BCUT2D eigenvalue weighted by atomic mass is 9.96. The van der Waals surface area contributed by atoms with E-state index in [0.29, 0.717) is 19.1 Å².